The largest absolute Gasteiger partial charge is 0.852 e. The van der Waals surface area contributed by atoms with Gasteiger partial charge in [-0.3, -0.25) is 0 Å². The van der Waals surface area contributed by atoms with Crippen molar-refractivity contribution < 1.29 is 5.11 Å². The van der Waals surface area contributed by atoms with Crippen LogP contribution in [0.15, 0.2) is 29.2 Å². The molecule has 0 bridgehead atoms. The van der Waals surface area contributed by atoms with Crippen LogP contribution < -0.4 is 5.11 Å². The predicted octanol–water partition coefficient (Wildman–Crippen LogP) is 0.940. The summed E-state index contributed by atoms with van der Waals surface area (Å²) in [6.45, 7) is 3.59. The first kappa shape index (κ1) is 6.06. The summed E-state index contributed by atoms with van der Waals surface area (Å²) in [5, 5.41) is 10.9. The van der Waals surface area contributed by atoms with Crippen LogP contribution in [0.1, 0.15) is 13.8 Å². The summed E-state index contributed by atoms with van der Waals surface area (Å²) in [4.78, 5) is 0. The molecule has 0 atom stereocenters. The normalized spacial score (nSPS) is 17.3. The second-order valence-electron chi connectivity index (χ2n) is 2.15. The summed E-state index contributed by atoms with van der Waals surface area (Å²) >= 11 is 0. The Kier molecular flexibility index (Phi) is 1.37. The van der Waals surface area contributed by atoms with Crippen LogP contribution in [0, 0.1) is 5.92 Å². The van der Waals surface area contributed by atoms with Crippen molar-refractivity contribution in [3.8, 4) is 0 Å². The van der Waals surface area contributed by atoms with Gasteiger partial charge in [0.05, 0.1) is 11.5 Å². The SMILES string of the molecule is CC1=C([O-])[C+](C)C=C=C1. The lowest BCUT2D eigenvalue weighted by Crippen LogP contribution is -2.12. The maximum atomic E-state index is 10.9. The molecule has 0 aromatic heterocycles. The maximum Gasteiger partial charge on any atom is 0.105 e. The molecule has 46 valence electrons. The van der Waals surface area contributed by atoms with Gasteiger partial charge >= 0.3 is 0 Å². The van der Waals surface area contributed by atoms with Gasteiger partial charge in [0.1, 0.15) is 12.2 Å². The lowest BCUT2D eigenvalue weighted by atomic mass is 10.0. The fraction of sp³-hybridized carbons (Fsp3) is 0.250. The molecule has 0 aromatic rings. The van der Waals surface area contributed by atoms with Gasteiger partial charge in [-0.2, -0.15) is 0 Å². The summed E-state index contributed by atoms with van der Waals surface area (Å²) in [6, 6.07) is 0. The molecule has 0 spiro atoms. The van der Waals surface area contributed by atoms with E-state index >= 15 is 0 Å². The number of rotatable bonds is 0. The van der Waals surface area contributed by atoms with E-state index in [9.17, 15) is 5.11 Å². The third kappa shape index (κ3) is 1.01. The third-order valence-electron chi connectivity index (χ3n) is 1.32. The van der Waals surface area contributed by atoms with Gasteiger partial charge in [0.15, 0.2) is 0 Å². The lowest BCUT2D eigenvalue weighted by molar-refractivity contribution is -0.302. The van der Waals surface area contributed by atoms with Gasteiger partial charge in [0.2, 0.25) is 0 Å². The van der Waals surface area contributed by atoms with Crippen molar-refractivity contribution in [2.75, 3.05) is 0 Å². The molecule has 0 amide bonds. The van der Waals surface area contributed by atoms with E-state index in [-0.39, 0.29) is 5.76 Å². The molecule has 0 heterocycles. The molecular formula is C8H8O. The highest BCUT2D eigenvalue weighted by atomic mass is 16.3. The highest BCUT2D eigenvalue weighted by molar-refractivity contribution is 5.37. The van der Waals surface area contributed by atoms with Gasteiger partial charge in [-0.1, -0.05) is 0 Å². The zero-order valence-corrected chi connectivity index (χ0v) is 5.56. The Hall–Kier alpha value is -1.07. The van der Waals surface area contributed by atoms with Crippen LogP contribution >= 0.6 is 0 Å². The van der Waals surface area contributed by atoms with Gasteiger partial charge in [-0.15, -0.1) is 0 Å². The van der Waals surface area contributed by atoms with Gasteiger partial charge < -0.3 is 5.11 Å². The molecule has 1 aliphatic carbocycles. The molecule has 0 aromatic carbocycles. The molecule has 0 aliphatic heterocycles. The zero-order valence-electron chi connectivity index (χ0n) is 5.56. The van der Waals surface area contributed by atoms with Crippen molar-refractivity contribution in [1.82, 2.24) is 0 Å². The molecule has 9 heavy (non-hydrogen) atoms. The first-order chi connectivity index (χ1) is 4.22. The minimum absolute atomic E-state index is 0.133. The van der Waals surface area contributed by atoms with Crippen molar-refractivity contribution in [1.29, 1.82) is 0 Å². The van der Waals surface area contributed by atoms with Gasteiger partial charge in [-0.05, 0) is 0 Å². The molecule has 0 saturated carbocycles. The molecule has 0 saturated heterocycles. The highest BCUT2D eigenvalue weighted by Crippen LogP contribution is 2.16. The summed E-state index contributed by atoms with van der Waals surface area (Å²) < 4.78 is 0. The van der Waals surface area contributed by atoms with E-state index < -0.39 is 0 Å². The molecule has 0 unspecified atom stereocenters. The molecule has 1 aliphatic rings. The second-order valence-corrected chi connectivity index (χ2v) is 2.15. The minimum Gasteiger partial charge on any atom is -0.852 e. The van der Waals surface area contributed by atoms with Gasteiger partial charge in [0, 0.05) is 25.3 Å². The van der Waals surface area contributed by atoms with E-state index in [2.05, 4.69) is 5.73 Å². The highest BCUT2D eigenvalue weighted by Gasteiger charge is 2.08. The molecule has 0 N–H and O–H groups in total. The minimum atomic E-state index is 0.133. The Balaban J connectivity index is 3.01. The number of hydrogen-bond acceptors (Lipinski definition) is 1. The van der Waals surface area contributed by atoms with E-state index in [0.29, 0.717) is 0 Å². The van der Waals surface area contributed by atoms with Crippen LogP contribution in [-0.4, -0.2) is 0 Å². The van der Waals surface area contributed by atoms with E-state index in [1.54, 1.807) is 26.0 Å². The van der Waals surface area contributed by atoms with Crippen LogP contribution in [0.3, 0.4) is 0 Å². The molecule has 1 rings (SSSR count). The maximum absolute atomic E-state index is 10.9. The molecular weight excluding hydrogens is 112 g/mol. The standard InChI is InChI=1S/C8H8O/c1-6-4-3-5-7(2)8(6)9/h4-5H,1-2H3. The fourth-order valence-electron chi connectivity index (χ4n) is 0.734. The van der Waals surface area contributed by atoms with Crippen molar-refractivity contribution in [2.45, 2.75) is 13.8 Å². The Morgan fingerprint density at radius 1 is 1.67 bits per heavy atom. The third-order valence-corrected chi connectivity index (χ3v) is 1.32. The van der Waals surface area contributed by atoms with E-state index in [1.165, 1.54) is 0 Å². The Morgan fingerprint density at radius 2 is 2.33 bits per heavy atom. The smallest absolute Gasteiger partial charge is 0.105 e. The van der Waals surface area contributed by atoms with Crippen molar-refractivity contribution in [3.05, 3.63) is 35.1 Å². The van der Waals surface area contributed by atoms with Crippen LogP contribution in [0.5, 0.6) is 0 Å². The summed E-state index contributed by atoms with van der Waals surface area (Å²) in [5.74, 6) is 0.906. The lowest BCUT2D eigenvalue weighted by Gasteiger charge is -2.11. The van der Waals surface area contributed by atoms with Crippen LogP contribution in [0.2, 0.25) is 0 Å². The average Bonchev–Trinajstić information content (AvgIpc) is 1.83. The zero-order chi connectivity index (χ0) is 6.85. The van der Waals surface area contributed by atoms with Crippen molar-refractivity contribution in [3.63, 3.8) is 0 Å². The molecule has 1 heteroatoms. The van der Waals surface area contributed by atoms with Crippen molar-refractivity contribution >= 4 is 0 Å². The summed E-state index contributed by atoms with van der Waals surface area (Å²) in [6.07, 6.45) is 3.41. The molecule has 0 fully saturated rings. The number of hydrogen-bond donors (Lipinski definition) is 0. The van der Waals surface area contributed by atoms with Crippen molar-refractivity contribution in [2.24, 2.45) is 0 Å². The predicted molar refractivity (Wildman–Crippen MR) is 34.3 cm³/mol. The van der Waals surface area contributed by atoms with Crippen LogP contribution in [-0.2, 0) is 0 Å². The summed E-state index contributed by atoms with van der Waals surface area (Å²) in [5.41, 5.74) is 3.64. The quantitative estimate of drug-likeness (QED) is 0.344. The first-order valence-corrected chi connectivity index (χ1v) is 2.86. The Bertz CT molecular complexity index is 205. The van der Waals surface area contributed by atoms with Crippen LogP contribution in [0.25, 0.3) is 0 Å². The molecule has 1 nitrogen and oxygen atoms in total. The molecule has 0 radical (unpaired) electrons. The topological polar surface area (TPSA) is 23.1 Å². The van der Waals surface area contributed by atoms with E-state index in [4.69, 9.17) is 0 Å². The Labute approximate surface area is 55.0 Å². The van der Waals surface area contributed by atoms with E-state index in [1.807, 2.05) is 0 Å². The first-order valence-electron chi connectivity index (χ1n) is 2.86. The number of allylic oxidation sites excluding steroid dienone is 2. The van der Waals surface area contributed by atoms with Crippen LogP contribution in [0.4, 0.5) is 0 Å². The fourth-order valence-corrected chi connectivity index (χ4v) is 0.734. The monoisotopic (exact) mass is 120 g/mol. The van der Waals surface area contributed by atoms with Gasteiger partial charge in [0.25, 0.3) is 0 Å². The Morgan fingerprint density at radius 3 is 2.78 bits per heavy atom. The average molecular weight is 120 g/mol. The second kappa shape index (κ2) is 2.04. The van der Waals surface area contributed by atoms with Gasteiger partial charge in [-0.25, -0.2) is 0 Å². The van der Waals surface area contributed by atoms with E-state index in [0.717, 1.165) is 11.5 Å². The summed E-state index contributed by atoms with van der Waals surface area (Å²) in [7, 11) is 0.